The van der Waals surface area contributed by atoms with Crippen LogP contribution in [0.5, 0.6) is 0 Å². The van der Waals surface area contributed by atoms with E-state index in [4.69, 9.17) is 17.3 Å². The molecule has 1 aromatic carbocycles. The van der Waals surface area contributed by atoms with Crippen LogP contribution < -0.4 is 5.73 Å². The standard InChI is InChI=1S/C15H18ClN3/c1-19(10-12-3-2-4-14(16)7-12)11-13-5-6-18-15(8-13)9-17/h2-8H,9-11,17H2,1H3. The van der Waals surface area contributed by atoms with E-state index in [1.165, 1.54) is 11.1 Å². The molecule has 0 fully saturated rings. The van der Waals surface area contributed by atoms with Gasteiger partial charge in [0.25, 0.3) is 0 Å². The second-order valence-electron chi connectivity index (χ2n) is 4.66. The molecule has 19 heavy (non-hydrogen) atoms. The van der Waals surface area contributed by atoms with Gasteiger partial charge in [-0.05, 0) is 42.4 Å². The summed E-state index contributed by atoms with van der Waals surface area (Å²) < 4.78 is 0. The molecule has 0 bridgehead atoms. The largest absolute Gasteiger partial charge is 0.325 e. The van der Waals surface area contributed by atoms with E-state index >= 15 is 0 Å². The Morgan fingerprint density at radius 3 is 2.58 bits per heavy atom. The second kappa shape index (κ2) is 6.66. The summed E-state index contributed by atoms with van der Waals surface area (Å²) in [6.45, 7) is 2.20. The molecule has 0 aliphatic heterocycles. The van der Waals surface area contributed by atoms with Crippen molar-refractivity contribution in [3.63, 3.8) is 0 Å². The number of aromatic nitrogens is 1. The first-order chi connectivity index (χ1) is 9.17. The summed E-state index contributed by atoms with van der Waals surface area (Å²) in [4.78, 5) is 6.44. The quantitative estimate of drug-likeness (QED) is 0.912. The molecular weight excluding hydrogens is 258 g/mol. The van der Waals surface area contributed by atoms with Crippen molar-refractivity contribution in [2.24, 2.45) is 5.73 Å². The van der Waals surface area contributed by atoms with Crippen LogP contribution in [0.4, 0.5) is 0 Å². The molecule has 0 spiro atoms. The van der Waals surface area contributed by atoms with Gasteiger partial charge < -0.3 is 5.73 Å². The molecule has 0 aliphatic rings. The maximum absolute atomic E-state index is 5.99. The van der Waals surface area contributed by atoms with Crippen molar-refractivity contribution in [2.75, 3.05) is 7.05 Å². The third-order valence-corrected chi connectivity index (χ3v) is 3.12. The maximum atomic E-state index is 5.99. The fourth-order valence-electron chi connectivity index (χ4n) is 2.05. The summed E-state index contributed by atoms with van der Waals surface area (Å²) in [5, 5.41) is 0.778. The Balaban J connectivity index is 1.98. The molecule has 0 saturated heterocycles. The van der Waals surface area contributed by atoms with Crippen molar-refractivity contribution in [1.82, 2.24) is 9.88 Å². The number of nitrogens with zero attached hydrogens (tertiary/aromatic N) is 2. The molecule has 2 rings (SSSR count). The number of benzene rings is 1. The highest BCUT2D eigenvalue weighted by molar-refractivity contribution is 6.30. The lowest BCUT2D eigenvalue weighted by molar-refractivity contribution is 0.319. The summed E-state index contributed by atoms with van der Waals surface area (Å²) in [6.07, 6.45) is 1.81. The zero-order valence-electron chi connectivity index (χ0n) is 11.0. The van der Waals surface area contributed by atoms with Crippen LogP contribution in [-0.2, 0) is 19.6 Å². The van der Waals surface area contributed by atoms with Crippen LogP contribution in [0.3, 0.4) is 0 Å². The molecule has 0 radical (unpaired) electrons. The van der Waals surface area contributed by atoms with Gasteiger partial charge in [-0.25, -0.2) is 0 Å². The Kier molecular flexibility index (Phi) is 4.91. The Bertz CT molecular complexity index is 542. The molecule has 0 aliphatic carbocycles. The van der Waals surface area contributed by atoms with E-state index in [-0.39, 0.29) is 0 Å². The number of rotatable bonds is 5. The van der Waals surface area contributed by atoms with Crippen LogP contribution in [0, 0.1) is 0 Å². The SMILES string of the molecule is CN(Cc1cccc(Cl)c1)Cc1ccnc(CN)c1. The van der Waals surface area contributed by atoms with Crippen LogP contribution >= 0.6 is 11.6 Å². The molecule has 1 heterocycles. The molecule has 0 amide bonds. The van der Waals surface area contributed by atoms with Crippen molar-refractivity contribution < 1.29 is 0 Å². The Hall–Kier alpha value is -1.42. The van der Waals surface area contributed by atoms with E-state index in [0.29, 0.717) is 6.54 Å². The van der Waals surface area contributed by atoms with Gasteiger partial charge >= 0.3 is 0 Å². The molecule has 2 aromatic rings. The van der Waals surface area contributed by atoms with Crippen molar-refractivity contribution in [3.8, 4) is 0 Å². The Labute approximate surface area is 119 Å². The van der Waals surface area contributed by atoms with Gasteiger partial charge in [0.15, 0.2) is 0 Å². The van der Waals surface area contributed by atoms with E-state index < -0.39 is 0 Å². The van der Waals surface area contributed by atoms with Crippen LogP contribution in [0.2, 0.25) is 5.02 Å². The van der Waals surface area contributed by atoms with Crippen LogP contribution in [0.1, 0.15) is 16.8 Å². The Morgan fingerprint density at radius 1 is 1.16 bits per heavy atom. The zero-order valence-corrected chi connectivity index (χ0v) is 11.8. The smallest absolute Gasteiger partial charge is 0.0542 e. The van der Waals surface area contributed by atoms with Gasteiger partial charge in [0, 0.05) is 30.9 Å². The number of hydrogen-bond donors (Lipinski definition) is 1. The predicted octanol–water partition coefficient (Wildman–Crippen LogP) is 2.83. The average Bonchev–Trinajstić information content (AvgIpc) is 2.38. The van der Waals surface area contributed by atoms with Gasteiger partial charge in [0.05, 0.1) is 5.69 Å². The number of nitrogens with two attached hydrogens (primary N) is 1. The highest BCUT2D eigenvalue weighted by Gasteiger charge is 2.03. The first-order valence-electron chi connectivity index (χ1n) is 6.24. The minimum Gasteiger partial charge on any atom is -0.325 e. The van der Waals surface area contributed by atoms with Gasteiger partial charge in [-0.2, -0.15) is 0 Å². The van der Waals surface area contributed by atoms with Crippen LogP contribution in [0.15, 0.2) is 42.6 Å². The van der Waals surface area contributed by atoms with E-state index in [1.54, 1.807) is 0 Å². The lowest BCUT2D eigenvalue weighted by Crippen LogP contribution is -2.17. The minimum atomic E-state index is 0.478. The molecule has 0 atom stereocenters. The van der Waals surface area contributed by atoms with Gasteiger partial charge in [0.1, 0.15) is 0 Å². The topological polar surface area (TPSA) is 42.2 Å². The number of halogens is 1. The highest BCUT2D eigenvalue weighted by atomic mass is 35.5. The molecule has 3 nitrogen and oxygen atoms in total. The van der Waals surface area contributed by atoms with E-state index in [2.05, 4.69) is 29.1 Å². The summed E-state index contributed by atoms with van der Waals surface area (Å²) in [5.74, 6) is 0. The lowest BCUT2D eigenvalue weighted by Gasteiger charge is -2.17. The second-order valence-corrected chi connectivity index (χ2v) is 5.10. The fraction of sp³-hybridized carbons (Fsp3) is 0.267. The third-order valence-electron chi connectivity index (χ3n) is 2.88. The minimum absolute atomic E-state index is 0.478. The summed E-state index contributed by atoms with van der Waals surface area (Å²) in [5.41, 5.74) is 8.96. The molecular formula is C15H18ClN3. The predicted molar refractivity (Wildman–Crippen MR) is 78.8 cm³/mol. The van der Waals surface area contributed by atoms with Crippen molar-refractivity contribution in [3.05, 3.63) is 64.4 Å². The van der Waals surface area contributed by atoms with Crippen molar-refractivity contribution in [2.45, 2.75) is 19.6 Å². The molecule has 0 saturated carbocycles. The van der Waals surface area contributed by atoms with Crippen LogP contribution in [-0.4, -0.2) is 16.9 Å². The van der Waals surface area contributed by atoms with E-state index in [9.17, 15) is 0 Å². The monoisotopic (exact) mass is 275 g/mol. The highest BCUT2D eigenvalue weighted by Crippen LogP contribution is 2.13. The van der Waals surface area contributed by atoms with E-state index in [0.717, 1.165) is 23.8 Å². The lowest BCUT2D eigenvalue weighted by atomic mass is 10.2. The molecule has 1 aromatic heterocycles. The fourth-order valence-corrected chi connectivity index (χ4v) is 2.27. The molecule has 2 N–H and O–H groups in total. The van der Waals surface area contributed by atoms with Gasteiger partial charge in [-0.1, -0.05) is 23.7 Å². The van der Waals surface area contributed by atoms with Gasteiger partial charge in [0.2, 0.25) is 0 Å². The summed E-state index contributed by atoms with van der Waals surface area (Å²) >= 11 is 5.99. The normalized spacial score (nSPS) is 10.9. The number of hydrogen-bond acceptors (Lipinski definition) is 3. The van der Waals surface area contributed by atoms with Gasteiger partial charge in [-0.3, -0.25) is 9.88 Å². The Morgan fingerprint density at radius 2 is 1.89 bits per heavy atom. The zero-order chi connectivity index (χ0) is 13.7. The number of pyridine rings is 1. The molecule has 4 heteroatoms. The van der Waals surface area contributed by atoms with Gasteiger partial charge in [-0.15, -0.1) is 0 Å². The van der Waals surface area contributed by atoms with Crippen LogP contribution in [0.25, 0.3) is 0 Å². The van der Waals surface area contributed by atoms with Crippen molar-refractivity contribution >= 4 is 11.6 Å². The molecule has 100 valence electrons. The summed E-state index contributed by atoms with van der Waals surface area (Å²) in [7, 11) is 2.09. The third kappa shape index (κ3) is 4.31. The maximum Gasteiger partial charge on any atom is 0.0542 e. The first kappa shape index (κ1) is 14.0. The van der Waals surface area contributed by atoms with Crippen molar-refractivity contribution in [1.29, 1.82) is 0 Å². The average molecular weight is 276 g/mol. The summed E-state index contributed by atoms with van der Waals surface area (Å²) in [6, 6.07) is 12.0. The first-order valence-corrected chi connectivity index (χ1v) is 6.62. The molecule has 0 unspecified atom stereocenters. The van der Waals surface area contributed by atoms with E-state index in [1.807, 2.05) is 30.5 Å².